The fourth-order valence-corrected chi connectivity index (χ4v) is 5.80. The highest BCUT2D eigenvalue weighted by atomic mass is 35.5. The lowest BCUT2D eigenvalue weighted by molar-refractivity contribution is -0.140. The molecule has 2 amide bonds. The summed E-state index contributed by atoms with van der Waals surface area (Å²) in [5.74, 6) is -0.392. The number of amides is 2. The van der Waals surface area contributed by atoms with Gasteiger partial charge in [0.1, 0.15) is 12.6 Å². The van der Waals surface area contributed by atoms with Crippen LogP contribution in [0, 0.1) is 0 Å². The van der Waals surface area contributed by atoms with Gasteiger partial charge in [-0.05, 0) is 60.5 Å². The molecule has 1 atom stereocenters. The van der Waals surface area contributed by atoms with Gasteiger partial charge in [0.2, 0.25) is 11.8 Å². The number of methoxy groups -OCH3 is 2. The zero-order valence-electron chi connectivity index (χ0n) is 22.6. The second kappa shape index (κ2) is 13.7. The minimum Gasteiger partial charge on any atom is -0.493 e. The van der Waals surface area contributed by atoms with Gasteiger partial charge in [0.05, 0.1) is 24.8 Å². The predicted octanol–water partition coefficient (Wildman–Crippen LogP) is 4.76. The monoisotopic (exact) mass is 607 g/mol. The van der Waals surface area contributed by atoms with Crippen LogP contribution >= 0.6 is 23.2 Å². The molecule has 0 unspecified atom stereocenters. The van der Waals surface area contributed by atoms with E-state index < -0.39 is 28.5 Å². The van der Waals surface area contributed by atoms with Crippen molar-refractivity contribution in [1.82, 2.24) is 10.2 Å². The number of nitrogens with zero attached hydrogens (tertiary/aromatic N) is 2. The molecule has 0 aliphatic rings. The first-order valence-corrected chi connectivity index (χ1v) is 14.5. The first-order valence-electron chi connectivity index (χ1n) is 12.3. The van der Waals surface area contributed by atoms with Crippen LogP contribution in [0.15, 0.2) is 71.6 Å². The van der Waals surface area contributed by atoms with Gasteiger partial charge in [0, 0.05) is 29.7 Å². The third-order valence-electron chi connectivity index (χ3n) is 6.23. The fourth-order valence-electron chi connectivity index (χ4n) is 4.11. The maximum atomic E-state index is 14.0. The van der Waals surface area contributed by atoms with Crippen molar-refractivity contribution in [3.63, 3.8) is 0 Å². The molecule has 3 aromatic rings. The summed E-state index contributed by atoms with van der Waals surface area (Å²) in [5.41, 5.74) is 0.938. The predicted molar refractivity (Wildman–Crippen MR) is 156 cm³/mol. The molecule has 9 nitrogen and oxygen atoms in total. The maximum Gasteiger partial charge on any atom is 0.264 e. The lowest BCUT2D eigenvalue weighted by atomic mass is 10.1. The maximum absolute atomic E-state index is 14.0. The number of rotatable bonds is 12. The lowest BCUT2D eigenvalue weighted by Crippen LogP contribution is -2.51. The van der Waals surface area contributed by atoms with Crippen molar-refractivity contribution in [1.29, 1.82) is 0 Å². The Morgan fingerprint density at radius 1 is 0.900 bits per heavy atom. The first-order chi connectivity index (χ1) is 19.0. The van der Waals surface area contributed by atoms with Crippen LogP contribution in [0.25, 0.3) is 0 Å². The standard InChI is InChI=1S/C28H31Cl2N3O6S/c1-5-24(28(35)31-2)32(17-19-6-8-20(29)9-7-19)27(34)18-33(22-12-10-21(30)11-13-22)40(36,37)23-14-15-25(38-3)26(16-23)39-4/h6-16,24H,5,17-18H2,1-4H3,(H,31,35)/t24-/m0/s1. The van der Waals surface area contributed by atoms with Gasteiger partial charge in [0.25, 0.3) is 10.0 Å². The number of sulfonamides is 1. The molecule has 0 aliphatic heterocycles. The van der Waals surface area contributed by atoms with Crippen LogP contribution in [0.1, 0.15) is 18.9 Å². The van der Waals surface area contributed by atoms with Gasteiger partial charge in [-0.3, -0.25) is 13.9 Å². The summed E-state index contributed by atoms with van der Waals surface area (Å²) in [5, 5.41) is 3.51. The Hall–Kier alpha value is -3.47. The fraction of sp³-hybridized carbons (Fsp3) is 0.286. The third-order valence-corrected chi connectivity index (χ3v) is 8.51. The zero-order valence-corrected chi connectivity index (χ0v) is 24.9. The number of likely N-dealkylation sites (N-methyl/N-ethyl adjacent to an activating group) is 1. The molecule has 0 spiro atoms. The molecule has 0 saturated heterocycles. The second-order valence-corrected chi connectivity index (χ2v) is 11.4. The van der Waals surface area contributed by atoms with E-state index in [1.807, 2.05) is 0 Å². The van der Waals surface area contributed by atoms with Crippen LogP contribution in [0.4, 0.5) is 5.69 Å². The van der Waals surface area contributed by atoms with Crippen molar-refractivity contribution in [2.24, 2.45) is 0 Å². The third kappa shape index (κ3) is 7.18. The molecule has 40 heavy (non-hydrogen) atoms. The molecule has 214 valence electrons. The minimum absolute atomic E-state index is 0.0623. The number of anilines is 1. The molecule has 0 bridgehead atoms. The van der Waals surface area contributed by atoms with E-state index in [-0.39, 0.29) is 28.8 Å². The summed E-state index contributed by atoms with van der Waals surface area (Å²) in [7, 11) is 0.0199. The number of nitrogens with one attached hydrogen (secondary N) is 1. The number of ether oxygens (including phenoxy) is 2. The van der Waals surface area contributed by atoms with Crippen LogP contribution in [-0.4, -0.2) is 59.0 Å². The van der Waals surface area contributed by atoms with Gasteiger partial charge >= 0.3 is 0 Å². The number of hydrogen-bond donors (Lipinski definition) is 1. The lowest BCUT2D eigenvalue weighted by Gasteiger charge is -2.33. The van der Waals surface area contributed by atoms with Crippen molar-refractivity contribution in [3.8, 4) is 11.5 Å². The van der Waals surface area contributed by atoms with Crippen LogP contribution < -0.4 is 19.1 Å². The number of halogens is 2. The van der Waals surface area contributed by atoms with Gasteiger partial charge in [-0.2, -0.15) is 0 Å². The molecule has 3 rings (SSSR count). The molecule has 0 radical (unpaired) electrons. The number of benzene rings is 3. The summed E-state index contributed by atoms with van der Waals surface area (Å²) < 4.78 is 39.5. The molecule has 0 heterocycles. The van der Waals surface area contributed by atoms with Gasteiger partial charge in [-0.1, -0.05) is 42.3 Å². The Bertz CT molecular complexity index is 1430. The molecular formula is C28H31Cl2N3O6S. The molecule has 0 fully saturated rings. The van der Waals surface area contributed by atoms with Crippen LogP contribution in [0.2, 0.25) is 10.0 Å². The van der Waals surface area contributed by atoms with E-state index in [4.69, 9.17) is 32.7 Å². The summed E-state index contributed by atoms with van der Waals surface area (Å²) in [6.07, 6.45) is 0.308. The second-order valence-electron chi connectivity index (χ2n) is 8.69. The Labute approximate surface area is 244 Å². The number of carbonyl (C=O) groups excluding carboxylic acids is 2. The summed E-state index contributed by atoms with van der Waals surface area (Å²) in [4.78, 5) is 28.0. The van der Waals surface area contributed by atoms with Gasteiger partial charge in [-0.15, -0.1) is 0 Å². The van der Waals surface area contributed by atoms with E-state index in [1.54, 1.807) is 31.2 Å². The van der Waals surface area contributed by atoms with Crippen LogP contribution in [0.5, 0.6) is 11.5 Å². The molecular weight excluding hydrogens is 577 g/mol. The average Bonchev–Trinajstić information content (AvgIpc) is 2.96. The average molecular weight is 609 g/mol. The van der Waals surface area contributed by atoms with Gasteiger partial charge in [0.15, 0.2) is 11.5 Å². The molecule has 0 saturated carbocycles. The number of carbonyl (C=O) groups is 2. The minimum atomic E-state index is -4.30. The van der Waals surface area contributed by atoms with Crippen molar-refractivity contribution in [3.05, 3.63) is 82.3 Å². The van der Waals surface area contributed by atoms with Crippen LogP contribution in [0.3, 0.4) is 0 Å². The Morgan fingerprint density at radius 3 is 2.00 bits per heavy atom. The van der Waals surface area contributed by atoms with Crippen molar-refractivity contribution < 1.29 is 27.5 Å². The molecule has 1 N–H and O–H groups in total. The van der Waals surface area contributed by atoms with E-state index in [9.17, 15) is 18.0 Å². The number of hydrogen-bond acceptors (Lipinski definition) is 6. The summed E-state index contributed by atoms with van der Waals surface area (Å²) in [6.45, 7) is 1.26. The Morgan fingerprint density at radius 2 is 1.48 bits per heavy atom. The van der Waals surface area contributed by atoms with E-state index in [0.717, 1.165) is 9.87 Å². The van der Waals surface area contributed by atoms with E-state index in [2.05, 4.69) is 5.32 Å². The van der Waals surface area contributed by atoms with Crippen LogP contribution in [-0.2, 0) is 26.2 Å². The normalized spacial score (nSPS) is 11.8. The van der Waals surface area contributed by atoms with E-state index in [0.29, 0.717) is 22.2 Å². The highest BCUT2D eigenvalue weighted by Crippen LogP contribution is 2.32. The topological polar surface area (TPSA) is 105 Å². The SMILES string of the molecule is CC[C@@H](C(=O)NC)N(Cc1ccc(Cl)cc1)C(=O)CN(c1ccc(Cl)cc1)S(=O)(=O)c1ccc(OC)c(OC)c1. The zero-order chi connectivity index (χ0) is 29.4. The van der Waals surface area contributed by atoms with E-state index in [1.165, 1.54) is 68.6 Å². The molecule has 12 heteroatoms. The largest absolute Gasteiger partial charge is 0.493 e. The Kier molecular flexibility index (Phi) is 10.7. The van der Waals surface area contributed by atoms with Crippen molar-refractivity contribution in [2.75, 3.05) is 32.1 Å². The first kappa shape index (κ1) is 31.1. The molecule has 0 aliphatic carbocycles. The van der Waals surface area contributed by atoms with Gasteiger partial charge < -0.3 is 19.7 Å². The highest BCUT2D eigenvalue weighted by molar-refractivity contribution is 7.92. The highest BCUT2D eigenvalue weighted by Gasteiger charge is 2.33. The van der Waals surface area contributed by atoms with Crippen molar-refractivity contribution >= 4 is 50.7 Å². The van der Waals surface area contributed by atoms with Gasteiger partial charge in [-0.25, -0.2) is 8.42 Å². The summed E-state index contributed by atoms with van der Waals surface area (Å²) >= 11 is 12.1. The van der Waals surface area contributed by atoms with E-state index >= 15 is 0 Å². The molecule has 0 aromatic heterocycles. The van der Waals surface area contributed by atoms with Crippen molar-refractivity contribution in [2.45, 2.75) is 30.8 Å². The quantitative estimate of drug-likeness (QED) is 0.318. The Balaban J connectivity index is 2.08. The summed E-state index contributed by atoms with van der Waals surface area (Å²) in [6, 6.07) is 16.3. The smallest absolute Gasteiger partial charge is 0.264 e. The molecule has 3 aromatic carbocycles.